The van der Waals surface area contributed by atoms with E-state index in [1.807, 2.05) is 4.90 Å². The Morgan fingerprint density at radius 2 is 2.16 bits per heavy atom. The highest BCUT2D eigenvalue weighted by Gasteiger charge is 2.25. The second-order valence-corrected chi connectivity index (χ2v) is 5.45. The highest BCUT2D eigenvalue weighted by atomic mass is 16.2. The van der Waals surface area contributed by atoms with Crippen LogP contribution in [0.2, 0.25) is 0 Å². The van der Waals surface area contributed by atoms with Gasteiger partial charge in [-0.25, -0.2) is 10.8 Å². The molecule has 0 radical (unpaired) electrons. The molecule has 0 saturated carbocycles. The fraction of sp³-hybridized carbons (Fsp3) is 0.571. The normalized spacial score (nSPS) is 16.7. The number of nitrogen functional groups attached to an aromatic ring is 1. The van der Waals surface area contributed by atoms with E-state index in [-0.39, 0.29) is 5.91 Å². The summed E-state index contributed by atoms with van der Waals surface area (Å²) in [5.74, 6) is 7.34. The van der Waals surface area contributed by atoms with Crippen LogP contribution < -0.4 is 11.3 Å². The molecule has 1 amide bonds. The van der Waals surface area contributed by atoms with Crippen molar-refractivity contribution in [2.75, 3.05) is 18.5 Å². The lowest BCUT2D eigenvalue weighted by molar-refractivity contribution is 0.0667. The fourth-order valence-electron chi connectivity index (χ4n) is 2.59. The Morgan fingerprint density at radius 1 is 1.47 bits per heavy atom. The highest BCUT2D eigenvalue weighted by Crippen LogP contribution is 2.25. The Hall–Kier alpha value is -1.62. The minimum atomic E-state index is 0.0705. The van der Waals surface area contributed by atoms with Gasteiger partial charge in [0.15, 0.2) is 0 Å². The smallest absolute Gasteiger partial charge is 0.254 e. The molecular formula is C14H22N4O. The summed E-state index contributed by atoms with van der Waals surface area (Å²) in [7, 11) is 0. The number of nitrogens with zero attached hydrogens (tertiary/aromatic N) is 2. The molecule has 0 bridgehead atoms. The van der Waals surface area contributed by atoms with Gasteiger partial charge in [-0.05, 0) is 36.8 Å². The van der Waals surface area contributed by atoms with Crippen molar-refractivity contribution >= 4 is 11.7 Å². The zero-order chi connectivity index (χ0) is 13.8. The minimum Gasteiger partial charge on any atom is -0.339 e. The van der Waals surface area contributed by atoms with Crippen LogP contribution in [-0.2, 0) is 0 Å². The molecule has 1 aliphatic rings. The van der Waals surface area contributed by atoms with Gasteiger partial charge in [-0.15, -0.1) is 0 Å². The van der Waals surface area contributed by atoms with Gasteiger partial charge >= 0.3 is 0 Å². The maximum Gasteiger partial charge on any atom is 0.254 e. The number of aromatic nitrogens is 1. The molecule has 3 N–H and O–H groups in total. The van der Waals surface area contributed by atoms with Crippen LogP contribution >= 0.6 is 0 Å². The van der Waals surface area contributed by atoms with Gasteiger partial charge in [0, 0.05) is 24.8 Å². The van der Waals surface area contributed by atoms with E-state index in [0.29, 0.717) is 17.3 Å². The Bertz CT molecular complexity index is 439. The van der Waals surface area contributed by atoms with Crippen molar-refractivity contribution in [3.63, 3.8) is 0 Å². The topological polar surface area (TPSA) is 71.2 Å². The first-order chi connectivity index (χ1) is 9.11. The molecule has 1 aromatic rings. The summed E-state index contributed by atoms with van der Waals surface area (Å²) in [4.78, 5) is 18.3. The van der Waals surface area contributed by atoms with Crippen LogP contribution in [0.3, 0.4) is 0 Å². The molecule has 5 heteroatoms. The average molecular weight is 262 g/mol. The van der Waals surface area contributed by atoms with Crippen molar-refractivity contribution in [2.45, 2.75) is 26.7 Å². The third-order valence-electron chi connectivity index (χ3n) is 3.92. The first-order valence-electron chi connectivity index (χ1n) is 6.83. The van der Waals surface area contributed by atoms with Gasteiger partial charge in [-0.3, -0.25) is 4.79 Å². The molecule has 5 nitrogen and oxygen atoms in total. The van der Waals surface area contributed by atoms with Crippen LogP contribution in [0.5, 0.6) is 0 Å². The maximum atomic E-state index is 12.4. The van der Waals surface area contributed by atoms with E-state index in [4.69, 9.17) is 5.84 Å². The van der Waals surface area contributed by atoms with Gasteiger partial charge < -0.3 is 10.3 Å². The van der Waals surface area contributed by atoms with Crippen LogP contribution in [0.1, 0.15) is 37.0 Å². The van der Waals surface area contributed by atoms with Gasteiger partial charge in [0.05, 0.1) is 0 Å². The van der Waals surface area contributed by atoms with Crippen molar-refractivity contribution in [3.8, 4) is 0 Å². The van der Waals surface area contributed by atoms with E-state index < -0.39 is 0 Å². The molecule has 0 aliphatic carbocycles. The molecule has 0 unspecified atom stereocenters. The fourth-order valence-corrected chi connectivity index (χ4v) is 2.59. The molecule has 104 valence electrons. The van der Waals surface area contributed by atoms with E-state index in [2.05, 4.69) is 24.3 Å². The lowest BCUT2D eigenvalue weighted by atomic mass is 9.86. The maximum absolute atomic E-state index is 12.4. The number of hydrogen-bond donors (Lipinski definition) is 2. The summed E-state index contributed by atoms with van der Waals surface area (Å²) >= 11 is 0. The van der Waals surface area contributed by atoms with Crippen molar-refractivity contribution in [3.05, 3.63) is 23.9 Å². The van der Waals surface area contributed by atoms with Crippen LogP contribution in [0.4, 0.5) is 5.82 Å². The molecule has 0 aromatic carbocycles. The Kier molecular flexibility index (Phi) is 4.37. The van der Waals surface area contributed by atoms with Crippen LogP contribution in [0, 0.1) is 11.8 Å². The molecular weight excluding hydrogens is 240 g/mol. The summed E-state index contributed by atoms with van der Waals surface area (Å²) in [6, 6.07) is 3.43. The highest BCUT2D eigenvalue weighted by molar-refractivity contribution is 5.94. The second-order valence-electron chi connectivity index (χ2n) is 5.45. The number of hydrazine groups is 1. The molecule has 0 spiro atoms. The summed E-state index contributed by atoms with van der Waals surface area (Å²) < 4.78 is 0. The van der Waals surface area contributed by atoms with Crippen molar-refractivity contribution in [1.29, 1.82) is 0 Å². The number of carbonyl (C=O) groups excluding carboxylic acids is 1. The van der Waals surface area contributed by atoms with Crippen molar-refractivity contribution < 1.29 is 4.79 Å². The number of carbonyl (C=O) groups is 1. The second kappa shape index (κ2) is 6.02. The first kappa shape index (κ1) is 13.8. The van der Waals surface area contributed by atoms with E-state index >= 15 is 0 Å². The number of nitrogens with two attached hydrogens (primary N) is 1. The molecule has 1 aliphatic heterocycles. The van der Waals surface area contributed by atoms with Gasteiger partial charge in [0.2, 0.25) is 0 Å². The molecule has 1 aromatic heterocycles. The molecule has 1 saturated heterocycles. The van der Waals surface area contributed by atoms with Crippen molar-refractivity contribution in [2.24, 2.45) is 17.7 Å². The SMILES string of the molecule is CC(C)C1CCN(C(=O)c2ccnc(NN)c2)CC1. The summed E-state index contributed by atoms with van der Waals surface area (Å²) in [6.07, 6.45) is 3.79. The predicted octanol–water partition coefficient (Wildman–Crippen LogP) is 1.88. The Labute approximate surface area is 114 Å². The number of rotatable bonds is 3. The minimum absolute atomic E-state index is 0.0705. The quantitative estimate of drug-likeness (QED) is 0.644. The number of amides is 1. The van der Waals surface area contributed by atoms with E-state index in [0.717, 1.165) is 31.8 Å². The number of piperidine rings is 1. The number of nitrogens with one attached hydrogen (secondary N) is 1. The third-order valence-corrected chi connectivity index (χ3v) is 3.92. The van der Waals surface area contributed by atoms with Gasteiger partial charge in [0.1, 0.15) is 5.82 Å². The van der Waals surface area contributed by atoms with Gasteiger partial charge in [-0.2, -0.15) is 0 Å². The summed E-state index contributed by atoms with van der Waals surface area (Å²) in [6.45, 7) is 6.19. The Balaban J connectivity index is 2.01. The lowest BCUT2D eigenvalue weighted by Gasteiger charge is -2.34. The zero-order valence-corrected chi connectivity index (χ0v) is 11.6. The van der Waals surface area contributed by atoms with Crippen LogP contribution in [-0.4, -0.2) is 28.9 Å². The molecule has 2 heterocycles. The van der Waals surface area contributed by atoms with E-state index in [9.17, 15) is 4.79 Å². The summed E-state index contributed by atoms with van der Waals surface area (Å²) in [5.41, 5.74) is 3.11. The number of hydrogen-bond acceptors (Lipinski definition) is 4. The average Bonchev–Trinajstić information content (AvgIpc) is 2.46. The first-order valence-corrected chi connectivity index (χ1v) is 6.83. The number of anilines is 1. The monoisotopic (exact) mass is 262 g/mol. The standard InChI is InChI=1S/C14H22N4O/c1-10(2)11-4-7-18(8-5-11)14(19)12-3-6-16-13(9-12)17-15/h3,6,9-11H,4-5,7-8,15H2,1-2H3,(H,16,17). The van der Waals surface area contributed by atoms with E-state index in [1.54, 1.807) is 18.3 Å². The summed E-state index contributed by atoms with van der Waals surface area (Å²) in [5, 5.41) is 0. The van der Waals surface area contributed by atoms with Crippen molar-refractivity contribution in [1.82, 2.24) is 9.88 Å². The number of pyridine rings is 1. The molecule has 2 rings (SSSR count). The van der Waals surface area contributed by atoms with Gasteiger partial charge in [0.25, 0.3) is 5.91 Å². The third kappa shape index (κ3) is 3.23. The molecule has 1 fully saturated rings. The lowest BCUT2D eigenvalue weighted by Crippen LogP contribution is -2.39. The van der Waals surface area contributed by atoms with Crippen LogP contribution in [0.25, 0.3) is 0 Å². The predicted molar refractivity (Wildman–Crippen MR) is 75.5 cm³/mol. The number of likely N-dealkylation sites (tertiary alicyclic amines) is 1. The zero-order valence-electron chi connectivity index (χ0n) is 11.6. The van der Waals surface area contributed by atoms with Gasteiger partial charge in [-0.1, -0.05) is 13.8 Å². The molecule has 0 atom stereocenters. The Morgan fingerprint density at radius 3 is 2.74 bits per heavy atom. The van der Waals surface area contributed by atoms with E-state index in [1.165, 1.54) is 0 Å². The molecule has 19 heavy (non-hydrogen) atoms. The largest absolute Gasteiger partial charge is 0.339 e. The van der Waals surface area contributed by atoms with Crippen LogP contribution in [0.15, 0.2) is 18.3 Å².